The third-order valence-electron chi connectivity index (χ3n) is 3.80. The maximum atomic E-state index is 11.9. The van der Waals surface area contributed by atoms with Gasteiger partial charge in [0.2, 0.25) is 5.91 Å². The summed E-state index contributed by atoms with van der Waals surface area (Å²) < 4.78 is 0. The zero-order valence-electron chi connectivity index (χ0n) is 11.8. The largest absolute Gasteiger partial charge is 0.481 e. The molecule has 5 nitrogen and oxygen atoms in total. The summed E-state index contributed by atoms with van der Waals surface area (Å²) in [6, 6.07) is 7.54. The van der Waals surface area contributed by atoms with Crippen LogP contribution in [0.4, 0.5) is 0 Å². The highest BCUT2D eigenvalue weighted by Gasteiger charge is 2.34. The van der Waals surface area contributed by atoms with E-state index >= 15 is 0 Å². The van der Waals surface area contributed by atoms with Crippen molar-refractivity contribution in [3.63, 3.8) is 0 Å². The minimum Gasteiger partial charge on any atom is -0.481 e. The second kappa shape index (κ2) is 6.05. The van der Waals surface area contributed by atoms with Crippen LogP contribution in [0.25, 0.3) is 0 Å². The zero-order valence-corrected chi connectivity index (χ0v) is 11.8. The summed E-state index contributed by atoms with van der Waals surface area (Å²) in [7, 11) is 0. The molecule has 1 aromatic carbocycles. The number of carboxylic acids is 1. The van der Waals surface area contributed by atoms with E-state index in [1.165, 1.54) is 5.56 Å². The van der Waals surface area contributed by atoms with Crippen LogP contribution in [0.2, 0.25) is 0 Å². The molecule has 1 aliphatic rings. The van der Waals surface area contributed by atoms with Gasteiger partial charge in [0.25, 0.3) is 0 Å². The van der Waals surface area contributed by atoms with Crippen LogP contribution in [-0.2, 0) is 9.59 Å². The van der Waals surface area contributed by atoms with Gasteiger partial charge in [0.05, 0.1) is 6.42 Å². The molecule has 0 saturated carbocycles. The van der Waals surface area contributed by atoms with Gasteiger partial charge >= 0.3 is 5.97 Å². The lowest BCUT2D eigenvalue weighted by Crippen LogP contribution is -2.56. The highest BCUT2D eigenvalue weighted by molar-refractivity contribution is 5.86. The van der Waals surface area contributed by atoms with E-state index in [2.05, 4.69) is 5.32 Å². The molecule has 0 radical (unpaired) electrons. The molecule has 1 heterocycles. The summed E-state index contributed by atoms with van der Waals surface area (Å²) in [6.45, 7) is 5.26. The first-order chi connectivity index (χ1) is 9.49. The van der Waals surface area contributed by atoms with Crippen LogP contribution in [0, 0.1) is 6.92 Å². The summed E-state index contributed by atoms with van der Waals surface area (Å²) in [5.41, 5.74) is 2.28. The van der Waals surface area contributed by atoms with E-state index in [9.17, 15) is 9.59 Å². The lowest BCUT2D eigenvalue weighted by atomic mass is 10.0. The zero-order chi connectivity index (χ0) is 14.7. The fraction of sp³-hybridized carbons (Fsp3) is 0.467. The van der Waals surface area contributed by atoms with Crippen molar-refractivity contribution >= 4 is 11.9 Å². The third-order valence-corrected chi connectivity index (χ3v) is 3.80. The number of hydrogen-bond donors (Lipinski definition) is 2. The van der Waals surface area contributed by atoms with Gasteiger partial charge in [-0.2, -0.15) is 0 Å². The Balaban J connectivity index is 2.20. The molecule has 0 spiro atoms. The molecule has 5 heteroatoms. The molecule has 108 valence electrons. The fourth-order valence-electron chi connectivity index (χ4n) is 2.61. The number of aryl methyl sites for hydroxylation is 1. The molecule has 1 amide bonds. The van der Waals surface area contributed by atoms with Crippen LogP contribution < -0.4 is 5.32 Å². The monoisotopic (exact) mass is 276 g/mol. The van der Waals surface area contributed by atoms with E-state index in [4.69, 9.17) is 5.11 Å². The Kier molecular flexibility index (Phi) is 4.39. The van der Waals surface area contributed by atoms with Crippen molar-refractivity contribution in [1.29, 1.82) is 0 Å². The minimum atomic E-state index is -0.951. The molecule has 2 rings (SSSR count). The Morgan fingerprint density at radius 1 is 1.45 bits per heavy atom. The van der Waals surface area contributed by atoms with Gasteiger partial charge in [0, 0.05) is 19.1 Å². The van der Waals surface area contributed by atoms with Gasteiger partial charge in [-0.05, 0) is 19.4 Å². The summed E-state index contributed by atoms with van der Waals surface area (Å²) >= 11 is 0. The SMILES string of the molecule is Cc1ccc(C(C)N2CCNC(=O)C2CC(=O)O)cc1. The summed E-state index contributed by atoms with van der Waals surface area (Å²) in [5, 5.41) is 11.7. The quantitative estimate of drug-likeness (QED) is 0.870. The Hall–Kier alpha value is -1.88. The molecule has 2 N–H and O–H groups in total. The normalized spacial score (nSPS) is 21.3. The number of carboxylic acid groups (broad SMARTS) is 1. The minimum absolute atomic E-state index is 0.0194. The van der Waals surface area contributed by atoms with Crippen molar-refractivity contribution in [2.45, 2.75) is 32.4 Å². The van der Waals surface area contributed by atoms with E-state index in [0.717, 1.165) is 5.56 Å². The van der Waals surface area contributed by atoms with E-state index in [1.807, 2.05) is 43.0 Å². The molecule has 1 aromatic rings. The molecule has 1 aliphatic heterocycles. The maximum absolute atomic E-state index is 11.9. The Bertz CT molecular complexity index is 498. The standard InChI is InChI=1S/C15H20N2O3/c1-10-3-5-12(6-4-10)11(2)17-8-7-16-15(20)13(17)9-14(18)19/h3-6,11,13H,7-9H2,1-2H3,(H,16,20)(H,18,19). The molecule has 1 saturated heterocycles. The predicted molar refractivity (Wildman–Crippen MR) is 75.4 cm³/mol. The van der Waals surface area contributed by atoms with Crippen LogP contribution in [0.1, 0.15) is 30.5 Å². The fourth-order valence-corrected chi connectivity index (χ4v) is 2.61. The Labute approximate surface area is 118 Å². The second-order valence-electron chi connectivity index (χ2n) is 5.23. The number of carbonyl (C=O) groups excluding carboxylic acids is 1. The number of carbonyl (C=O) groups is 2. The van der Waals surface area contributed by atoms with Crippen molar-refractivity contribution in [2.75, 3.05) is 13.1 Å². The average Bonchev–Trinajstić information content (AvgIpc) is 2.41. The average molecular weight is 276 g/mol. The molecular formula is C15H20N2O3. The lowest BCUT2D eigenvalue weighted by Gasteiger charge is -2.38. The van der Waals surface area contributed by atoms with Gasteiger partial charge in [-0.1, -0.05) is 29.8 Å². The number of nitrogens with one attached hydrogen (secondary N) is 1. The van der Waals surface area contributed by atoms with Crippen molar-refractivity contribution in [2.24, 2.45) is 0 Å². The molecule has 0 aromatic heterocycles. The van der Waals surface area contributed by atoms with Gasteiger partial charge < -0.3 is 10.4 Å². The van der Waals surface area contributed by atoms with E-state index in [-0.39, 0.29) is 18.4 Å². The second-order valence-corrected chi connectivity index (χ2v) is 5.23. The van der Waals surface area contributed by atoms with E-state index in [1.54, 1.807) is 0 Å². The molecule has 0 aliphatic carbocycles. The number of piperazine rings is 1. The molecule has 0 bridgehead atoms. The van der Waals surface area contributed by atoms with Crippen molar-refractivity contribution in [3.8, 4) is 0 Å². The molecule has 2 unspecified atom stereocenters. The van der Waals surface area contributed by atoms with Gasteiger partial charge in [0.1, 0.15) is 6.04 Å². The van der Waals surface area contributed by atoms with Gasteiger partial charge in [-0.15, -0.1) is 0 Å². The van der Waals surface area contributed by atoms with Crippen LogP contribution in [-0.4, -0.2) is 41.0 Å². The first kappa shape index (κ1) is 14.5. The van der Waals surface area contributed by atoms with Crippen LogP contribution in [0.5, 0.6) is 0 Å². The number of amides is 1. The summed E-state index contributed by atoms with van der Waals surface area (Å²) in [6.07, 6.45) is -0.165. The number of aliphatic carboxylic acids is 1. The van der Waals surface area contributed by atoms with Gasteiger partial charge in [-0.3, -0.25) is 14.5 Å². The topological polar surface area (TPSA) is 69.6 Å². The first-order valence-electron chi connectivity index (χ1n) is 6.81. The molecule has 20 heavy (non-hydrogen) atoms. The number of benzene rings is 1. The Morgan fingerprint density at radius 2 is 2.10 bits per heavy atom. The number of nitrogens with zero attached hydrogens (tertiary/aromatic N) is 1. The van der Waals surface area contributed by atoms with E-state index < -0.39 is 12.0 Å². The third kappa shape index (κ3) is 3.17. The summed E-state index contributed by atoms with van der Waals surface area (Å²) in [4.78, 5) is 24.8. The van der Waals surface area contributed by atoms with Gasteiger partial charge in [0.15, 0.2) is 0 Å². The predicted octanol–water partition coefficient (Wildman–Crippen LogP) is 1.33. The van der Waals surface area contributed by atoms with Crippen molar-refractivity contribution in [1.82, 2.24) is 10.2 Å². The first-order valence-corrected chi connectivity index (χ1v) is 6.81. The molecular weight excluding hydrogens is 256 g/mol. The molecule has 2 atom stereocenters. The van der Waals surface area contributed by atoms with Crippen molar-refractivity contribution < 1.29 is 14.7 Å². The van der Waals surface area contributed by atoms with E-state index in [0.29, 0.717) is 13.1 Å². The van der Waals surface area contributed by atoms with Crippen LogP contribution in [0.15, 0.2) is 24.3 Å². The highest BCUT2D eigenvalue weighted by Crippen LogP contribution is 2.25. The Morgan fingerprint density at radius 3 is 2.70 bits per heavy atom. The van der Waals surface area contributed by atoms with Crippen molar-refractivity contribution in [3.05, 3.63) is 35.4 Å². The number of hydrogen-bond acceptors (Lipinski definition) is 3. The molecule has 1 fully saturated rings. The smallest absolute Gasteiger partial charge is 0.305 e. The number of rotatable bonds is 4. The van der Waals surface area contributed by atoms with Gasteiger partial charge in [-0.25, -0.2) is 0 Å². The highest BCUT2D eigenvalue weighted by atomic mass is 16.4. The summed E-state index contributed by atoms with van der Waals surface area (Å²) in [5.74, 6) is -1.15. The van der Waals surface area contributed by atoms with Crippen LogP contribution >= 0.6 is 0 Å². The maximum Gasteiger partial charge on any atom is 0.305 e. The van der Waals surface area contributed by atoms with Crippen LogP contribution in [0.3, 0.4) is 0 Å². The lowest BCUT2D eigenvalue weighted by molar-refractivity contribution is -0.143.